The topological polar surface area (TPSA) is 43.9 Å². The van der Waals surface area contributed by atoms with Gasteiger partial charge in [0.2, 0.25) is 0 Å². The van der Waals surface area contributed by atoms with Crippen LogP contribution in [0.5, 0.6) is 0 Å². The van der Waals surface area contributed by atoms with E-state index in [4.69, 9.17) is 14.4 Å². The molecule has 5 aromatic carbocycles. The molecule has 218 valence electrons. The van der Waals surface area contributed by atoms with Gasteiger partial charge in [0.15, 0.2) is 0 Å². The summed E-state index contributed by atoms with van der Waals surface area (Å²) in [4.78, 5) is 11.1. The minimum absolute atomic E-state index is 0.247. The highest BCUT2D eigenvalue weighted by Crippen LogP contribution is 2.44. The van der Waals surface area contributed by atoms with Gasteiger partial charge in [-0.25, -0.2) is 14.4 Å². The third-order valence-electron chi connectivity index (χ3n) is 9.10. The number of aromatic nitrogens is 3. The number of pyridine rings is 1. The minimum atomic E-state index is -0.247. The zero-order chi connectivity index (χ0) is 30.6. The summed E-state index contributed by atoms with van der Waals surface area (Å²) < 4.78 is 25.2. The van der Waals surface area contributed by atoms with Crippen LogP contribution in [0.2, 0.25) is 0 Å². The molecule has 0 bridgehead atoms. The summed E-state index contributed by atoms with van der Waals surface area (Å²) in [6.45, 7) is 8.53. The zero-order valence-electron chi connectivity index (χ0n) is 25.3. The lowest BCUT2D eigenvalue weighted by atomic mass is 10.0. The van der Waals surface area contributed by atoms with Crippen LogP contribution in [0.4, 0.5) is 4.39 Å². The van der Waals surface area contributed by atoms with Gasteiger partial charge in [0.1, 0.15) is 27.6 Å². The molecule has 0 atom stereocenters. The Morgan fingerprint density at radius 3 is 2.40 bits per heavy atom. The summed E-state index contributed by atoms with van der Waals surface area (Å²) >= 11 is 1.54. The SMILES string of the molecule is Cc1cc2c(oc3ccccc32)c(C)c1-n1c(-c2ccc(F)c3c2sc2nc(C(C)C)ccc23)nc2cc3ccccc3cc21. The maximum absolute atomic E-state index is 15.7. The van der Waals surface area contributed by atoms with Crippen molar-refractivity contribution in [1.82, 2.24) is 14.5 Å². The predicted octanol–water partition coefficient (Wildman–Crippen LogP) is 11.4. The van der Waals surface area contributed by atoms with Crippen molar-refractivity contribution >= 4 is 75.4 Å². The predicted molar refractivity (Wildman–Crippen MR) is 185 cm³/mol. The molecular formula is C39H28FN3OS. The summed E-state index contributed by atoms with van der Waals surface area (Å²) in [5.74, 6) is 0.799. The molecule has 0 radical (unpaired) electrons. The molecule has 4 heterocycles. The van der Waals surface area contributed by atoms with Crippen LogP contribution in [0.3, 0.4) is 0 Å². The van der Waals surface area contributed by atoms with Gasteiger partial charge in [0, 0.05) is 38.4 Å². The number of hydrogen-bond donors (Lipinski definition) is 0. The first kappa shape index (κ1) is 26.3. The molecule has 0 spiro atoms. The number of rotatable bonds is 3. The van der Waals surface area contributed by atoms with Crippen LogP contribution < -0.4 is 0 Å². The monoisotopic (exact) mass is 605 g/mol. The molecule has 4 aromatic heterocycles. The van der Waals surface area contributed by atoms with E-state index in [-0.39, 0.29) is 11.7 Å². The van der Waals surface area contributed by atoms with Gasteiger partial charge in [-0.2, -0.15) is 0 Å². The minimum Gasteiger partial charge on any atom is -0.456 e. The van der Waals surface area contributed by atoms with Crippen molar-refractivity contribution < 1.29 is 8.81 Å². The average Bonchev–Trinajstić information content (AvgIpc) is 3.72. The largest absolute Gasteiger partial charge is 0.456 e. The number of furan rings is 1. The second kappa shape index (κ2) is 9.46. The standard InChI is InChI=1S/C39H28FN3OS/c1-20(2)30-16-14-26-34-29(40)15-13-27(37(34)45-39(26)42-30)38-41-31-18-23-9-5-6-10-24(23)19-32(31)43(38)35-21(3)17-28-25-11-7-8-12-33(25)44-36(28)22(35)4/h5-20H,1-4H3. The number of halogens is 1. The van der Waals surface area contributed by atoms with E-state index in [1.165, 1.54) is 11.3 Å². The Bertz CT molecular complexity index is 2680. The number of fused-ring (bicyclic) bond motifs is 8. The molecule has 9 rings (SSSR count). The molecule has 0 saturated carbocycles. The summed E-state index contributed by atoms with van der Waals surface area (Å²) in [6, 6.07) is 30.6. The van der Waals surface area contributed by atoms with Crippen molar-refractivity contribution in [3.05, 3.63) is 114 Å². The number of hydrogen-bond acceptors (Lipinski definition) is 4. The van der Waals surface area contributed by atoms with E-state index in [1.807, 2.05) is 36.4 Å². The lowest BCUT2D eigenvalue weighted by Gasteiger charge is -2.16. The number of nitrogens with zero attached hydrogens (tertiary/aromatic N) is 3. The average molecular weight is 606 g/mol. The lowest BCUT2D eigenvalue weighted by Crippen LogP contribution is -2.03. The maximum atomic E-state index is 15.7. The van der Waals surface area contributed by atoms with Gasteiger partial charge in [0.05, 0.1) is 21.4 Å². The number of para-hydroxylation sites is 1. The Labute approximate surface area is 262 Å². The van der Waals surface area contributed by atoms with E-state index in [1.54, 1.807) is 6.07 Å². The summed E-state index contributed by atoms with van der Waals surface area (Å²) in [7, 11) is 0. The van der Waals surface area contributed by atoms with Gasteiger partial charge >= 0.3 is 0 Å². The molecule has 6 heteroatoms. The van der Waals surface area contributed by atoms with E-state index in [0.29, 0.717) is 5.39 Å². The van der Waals surface area contributed by atoms with Gasteiger partial charge in [-0.3, -0.25) is 4.57 Å². The first-order valence-corrected chi connectivity index (χ1v) is 16.0. The van der Waals surface area contributed by atoms with E-state index < -0.39 is 0 Å². The Morgan fingerprint density at radius 1 is 0.800 bits per heavy atom. The second-order valence-corrected chi connectivity index (χ2v) is 13.2. The Kier molecular flexibility index (Phi) is 5.54. The second-order valence-electron chi connectivity index (χ2n) is 12.2. The Morgan fingerprint density at radius 2 is 1.58 bits per heavy atom. The molecule has 4 nitrogen and oxygen atoms in total. The summed E-state index contributed by atoms with van der Waals surface area (Å²) in [5, 5.41) is 5.89. The maximum Gasteiger partial charge on any atom is 0.147 e. The highest BCUT2D eigenvalue weighted by atomic mass is 32.1. The van der Waals surface area contributed by atoms with Crippen LogP contribution in [0.1, 0.15) is 36.6 Å². The molecule has 0 N–H and O–H groups in total. The third kappa shape index (κ3) is 3.75. The smallest absolute Gasteiger partial charge is 0.147 e. The number of imidazole rings is 1. The van der Waals surface area contributed by atoms with E-state index in [0.717, 1.165) is 92.6 Å². The van der Waals surface area contributed by atoms with Crippen molar-refractivity contribution in [3.63, 3.8) is 0 Å². The summed E-state index contributed by atoms with van der Waals surface area (Å²) in [6.07, 6.45) is 0. The zero-order valence-corrected chi connectivity index (χ0v) is 26.1. The Balaban J connectivity index is 1.42. The Hall–Kier alpha value is -5.07. The van der Waals surface area contributed by atoms with Crippen LogP contribution in [-0.4, -0.2) is 14.5 Å². The molecule has 0 amide bonds. The molecular weight excluding hydrogens is 578 g/mol. The van der Waals surface area contributed by atoms with Crippen molar-refractivity contribution in [2.45, 2.75) is 33.6 Å². The molecule has 0 unspecified atom stereocenters. The van der Waals surface area contributed by atoms with Crippen molar-refractivity contribution in [2.75, 3.05) is 0 Å². The molecule has 0 aliphatic rings. The van der Waals surface area contributed by atoms with Crippen LogP contribution in [0.15, 0.2) is 95.4 Å². The quantitative estimate of drug-likeness (QED) is 0.201. The fourth-order valence-corrected chi connectivity index (χ4v) is 8.13. The molecule has 0 saturated heterocycles. The number of benzene rings is 5. The van der Waals surface area contributed by atoms with Crippen molar-refractivity contribution in [2.24, 2.45) is 0 Å². The lowest BCUT2D eigenvalue weighted by molar-refractivity contribution is 0.641. The number of aryl methyl sites for hydroxylation is 2. The molecule has 9 aromatic rings. The highest BCUT2D eigenvalue weighted by Gasteiger charge is 2.25. The first-order chi connectivity index (χ1) is 21.9. The third-order valence-corrected chi connectivity index (χ3v) is 10.2. The van der Waals surface area contributed by atoms with Gasteiger partial charge in [0.25, 0.3) is 0 Å². The molecule has 0 aliphatic carbocycles. The molecule has 45 heavy (non-hydrogen) atoms. The summed E-state index contributed by atoms with van der Waals surface area (Å²) in [5.41, 5.74) is 8.65. The van der Waals surface area contributed by atoms with Crippen LogP contribution in [0, 0.1) is 19.7 Å². The van der Waals surface area contributed by atoms with Crippen LogP contribution in [-0.2, 0) is 0 Å². The fraction of sp³-hybridized carbons (Fsp3) is 0.128. The van der Waals surface area contributed by atoms with Gasteiger partial charge in [-0.05, 0) is 84.6 Å². The molecule has 0 aliphatic heterocycles. The first-order valence-electron chi connectivity index (χ1n) is 15.2. The van der Waals surface area contributed by atoms with Gasteiger partial charge in [-0.1, -0.05) is 56.3 Å². The van der Waals surface area contributed by atoms with Crippen molar-refractivity contribution in [1.29, 1.82) is 0 Å². The van der Waals surface area contributed by atoms with E-state index >= 15 is 4.39 Å². The highest BCUT2D eigenvalue weighted by molar-refractivity contribution is 7.26. The van der Waals surface area contributed by atoms with Gasteiger partial charge in [-0.15, -0.1) is 11.3 Å². The molecule has 0 fully saturated rings. The van der Waals surface area contributed by atoms with Crippen molar-refractivity contribution in [3.8, 4) is 17.1 Å². The van der Waals surface area contributed by atoms with Crippen LogP contribution >= 0.6 is 11.3 Å². The van der Waals surface area contributed by atoms with E-state index in [9.17, 15) is 0 Å². The van der Waals surface area contributed by atoms with Crippen LogP contribution in [0.25, 0.3) is 81.1 Å². The van der Waals surface area contributed by atoms with E-state index in [2.05, 4.69) is 80.8 Å². The number of thiophene rings is 1. The fourth-order valence-electron chi connectivity index (χ4n) is 6.92. The van der Waals surface area contributed by atoms with Gasteiger partial charge < -0.3 is 4.42 Å². The normalized spacial score (nSPS) is 12.3.